The van der Waals surface area contributed by atoms with E-state index in [1.54, 1.807) is 12.2 Å². The van der Waals surface area contributed by atoms with Gasteiger partial charge < -0.3 is 9.32 Å². The molecule has 0 spiro atoms. The summed E-state index contributed by atoms with van der Waals surface area (Å²) < 4.78 is 5.62. The molecule has 1 amide bonds. The molecule has 4 rings (SSSR count). The van der Waals surface area contributed by atoms with Gasteiger partial charge in [-0.15, -0.1) is 0 Å². The minimum Gasteiger partial charge on any atom is -0.437 e. The predicted molar refractivity (Wildman–Crippen MR) is 94.9 cm³/mol. The predicted octanol–water partition coefficient (Wildman–Crippen LogP) is 4.13. The Bertz CT molecular complexity index is 907. The molecule has 0 N–H and O–H groups in total. The normalized spacial score (nSPS) is 14.3. The van der Waals surface area contributed by atoms with Crippen molar-refractivity contribution in [3.8, 4) is 0 Å². The lowest BCUT2D eigenvalue weighted by Crippen LogP contribution is -2.34. The van der Waals surface area contributed by atoms with Gasteiger partial charge in [0.05, 0.1) is 0 Å². The number of benzene rings is 2. The number of anilines is 1. The van der Waals surface area contributed by atoms with Crippen LogP contribution in [0.25, 0.3) is 17.2 Å². The Balaban J connectivity index is 1.58. The first-order valence-electron chi connectivity index (χ1n) is 8.15. The first kappa shape index (κ1) is 14.7. The van der Waals surface area contributed by atoms with Gasteiger partial charge in [-0.3, -0.25) is 4.79 Å². The van der Waals surface area contributed by atoms with Crippen LogP contribution in [0.4, 0.5) is 5.69 Å². The van der Waals surface area contributed by atoms with Gasteiger partial charge in [-0.05, 0) is 43.5 Å². The molecule has 4 nitrogen and oxygen atoms in total. The highest BCUT2D eigenvalue weighted by Gasteiger charge is 2.20. The highest BCUT2D eigenvalue weighted by atomic mass is 16.3. The van der Waals surface area contributed by atoms with Gasteiger partial charge in [-0.25, -0.2) is 4.98 Å². The largest absolute Gasteiger partial charge is 0.437 e. The molecule has 0 unspecified atom stereocenters. The van der Waals surface area contributed by atoms with Crippen LogP contribution in [0.2, 0.25) is 0 Å². The zero-order valence-corrected chi connectivity index (χ0v) is 13.5. The monoisotopic (exact) mass is 318 g/mol. The first-order chi connectivity index (χ1) is 11.7. The summed E-state index contributed by atoms with van der Waals surface area (Å²) in [5, 5.41) is 0. The number of oxazole rings is 1. The Kier molecular flexibility index (Phi) is 3.65. The van der Waals surface area contributed by atoms with Crippen molar-refractivity contribution in [2.24, 2.45) is 0 Å². The van der Waals surface area contributed by atoms with Crippen LogP contribution in [0.1, 0.15) is 23.4 Å². The smallest absolute Gasteiger partial charge is 0.251 e. The van der Waals surface area contributed by atoms with E-state index in [1.807, 2.05) is 35.2 Å². The number of nitrogens with zero attached hydrogens (tertiary/aromatic N) is 2. The van der Waals surface area contributed by atoms with Crippen LogP contribution in [0, 0.1) is 6.92 Å². The maximum atomic E-state index is 12.6. The summed E-state index contributed by atoms with van der Waals surface area (Å²) in [6.07, 6.45) is 5.19. The zero-order chi connectivity index (χ0) is 16.5. The van der Waals surface area contributed by atoms with E-state index < -0.39 is 0 Å². The molecule has 3 aromatic rings. The van der Waals surface area contributed by atoms with Crippen molar-refractivity contribution >= 4 is 28.8 Å². The van der Waals surface area contributed by atoms with Crippen LogP contribution >= 0.6 is 0 Å². The standard InChI is InChI=1S/C20H18N2O2/c1-14-8-9-17-15(13-14)5-4-12-22(17)20(23)11-10-19-21-16-6-2-3-7-18(16)24-19/h2-3,6-11,13H,4-5,12H2,1H3/b11-10+. The fourth-order valence-electron chi connectivity index (χ4n) is 3.15. The number of amides is 1. The van der Waals surface area contributed by atoms with Gasteiger partial charge >= 0.3 is 0 Å². The Morgan fingerprint density at radius 2 is 2.12 bits per heavy atom. The van der Waals surface area contributed by atoms with Crippen molar-refractivity contribution in [2.75, 3.05) is 11.4 Å². The van der Waals surface area contributed by atoms with E-state index in [1.165, 1.54) is 11.1 Å². The van der Waals surface area contributed by atoms with Crippen molar-refractivity contribution in [2.45, 2.75) is 19.8 Å². The van der Waals surface area contributed by atoms with Crippen molar-refractivity contribution in [1.82, 2.24) is 4.98 Å². The third-order valence-corrected chi connectivity index (χ3v) is 4.30. The Hall–Kier alpha value is -2.88. The summed E-state index contributed by atoms with van der Waals surface area (Å²) in [6, 6.07) is 13.8. The zero-order valence-electron chi connectivity index (χ0n) is 13.5. The maximum absolute atomic E-state index is 12.6. The maximum Gasteiger partial charge on any atom is 0.251 e. The molecule has 1 aromatic heterocycles. The van der Waals surface area contributed by atoms with E-state index in [9.17, 15) is 4.79 Å². The Morgan fingerprint density at radius 1 is 1.25 bits per heavy atom. The molecule has 24 heavy (non-hydrogen) atoms. The van der Waals surface area contributed by atoms with Crippen molar-refractivity contribution in [3.63, 3.8) is 0 Å². The molecule has 2 aromatic carbocycles. The molecule has 0 fully saturated rings. The lowest BCUT2D eigenvalue weighted by atomic mass is 9.99. The van der Waals surface area contributed by atoms with Gasteiger partial charge in [0.25, 0.3) is 5.91 Å². The van der Waals surface area contributed by atoms with Crippen molar-refractivity contribution in [3.05, 3.63) is 65.6 Å². The van der Waals surface area contributed by atoms with Crippen molar-refractivity contribution in [1.29, 1.82) is 0 Å². The number of rotatable bonds is 2. The number of carbonyl (C=O) groups is 1. The number of carbonyl (C=O) groups excluding carboxylic acids is 1. The average molecular weight is 318 g/mol. The van der Waals surface area contributed by atoms with Gasteiger partial charge in [0.15, 0.2) is 5.58 Å². The van der Waals surface area contributed by atoms with Gasteiger partial charge in [0, 0.05) is 24.4 Å². The van der Waals surface area contributed by atoms with Crippen LogP contribution in [0.15, 0.2) is 53.0 Å². The van der Waals surface area contributed by atoms with E-state index in [-0.39, 0.29) is 5.91 Å². The number of para-hydroxylation sites is 2. The van der Waals surface area contributed by atoms with Crippen LogP contribution in [0.5, 0.6) is 0 Å². The van der Waals surface area contributed by atoms with Crippen LogP contribution in [-0.4, -0.2) is 17.4 Å². The summed E-state index contributed by atoms with van der Waals surface area (Å²) in [5.74, 6) is 0.410. The number of aromatic nitrogens is 1. The van der Waals surface area contributed by atoms with E-state index in [0.717, 1.165) is 36.2 Å². The highest BCUT2D eigenvalue weighted by Crippen LogP contribution is 2.28. The topological polar surface area (TPSA) is 46.3 Å². The molecule has 0 radical (unpaired) electrons. The molecular formula is C20H18N2O2. The third kappa shape index (κ3) is 2.71. The number of hydrogen-bond donors (Lipinski definition) is 0. The number of aryl methyl sites for hydroxylation is 2. The van der Waals surface area contributed by atoms with Crippen LogP contribution in [-0.2, 0) is 11.2 Å². The van der Waals surface area contributed by atoms with Gasteiger partial charge in [0.2, 0.25) is 5.89 Å². The molecule has 0 saturated carbocycles. The Morgan fingerprint density at radius 3 is 3.00 bits per heavy atom. The molecule has 0 atom stereocenters. The minimum absolute atomic E-state index is 0.0398. The van der Waals surface area contributed by atoms with Crippen LogP contribution < -0.4 is 4.90 Å². The quantitative estimate of drug-likeness (QED) is 0.667. The van der Waals surface area contributed by atoms with E-state index in [4.69, 9.17) is 4.42 Å². The SMILES string of the molecule is Cc1ccc2c(c1)CCCN2C(=O)/C=C/c1nc2ccccc2o1. The molecule has 1 aliphatic heterocycles. The van der Waals surface area contributed by atoms with E-state index in [0.29, 0.717) is 5.89 Å². The molecule has 0 saturated heterocycles. The molecule has 120 valence electrons. The molecule has 2 heterocycles. The summed E-state index contributed by atoms with van der Waals surface area (Å²) in [4.78, 5) is 18.8. The van der Waals surface area contributed by atoms with Gasteiger partial charge in [-0.1, -0.05) is 29.8 Å². The Labute approximate surface area is 140 Å². The second-order valence-corrected chi connectivity index (χ2v) is 6.08. The highest BCUT2D eigenvalue weighted by molar-refractivity contribution is 6.04. The molecule has 0 bridgehead atoms. The third-order valence-electron chi connectivity index (χ3n) is 4.30. The lowest BCUT2D eigenvalue weighted by molar-refractivity contribution is -0.114. The second kappa shape index (κ2) is 5.96. The van der Waals surface area contributed by atoms with Crippen LogP contribution in [0.3, 0.4) is 0 Å². The summed E-state index contributed by atoms with van der Waals surface area (Å²) in [7, 11) is 0. The first-order valence-corrected chi connectivity index (χ1v) is 8.15. The lowest BCUT2D eigenvalue weighted by Gasteiger charge is -2.28. The molecule has 0 aliphatic carbocycles. The molecule has 1 aliphatic rings. The fraction of sp³-hybridized carbons (Fsp3) is 0.200. The number of fused-ring (bicyclic) bond motifs is 2. The number of hydrogen-bond acceptors (Lipinski definition) is 3. The molecule has 4 heteroatoms. The van der Waals surface area contributed by atoms with Crippen molar-refractivity contribution < 1.29 is 9.21 Å². The average Bonchev–Trinajstić information content (AvgIpc) is 3.01. The molecular weight excluding hydrogens is 300 g/mol. The summed E-state index contributed by atoms with van der Waals surface area (Å²) in [5.41, 5.74) is 5.00. The minimum atomic E-state index is -0.0398. The summed E-state index contributed by atoms with van der Waals surface area (Å²) in [6.45, 7) is 2.82. The fourth-order valence-corrected chi connectivity index (χ4v) is 3.15. The van der Waals surface area contributed by atoms with E-state index >= 15 is 0 Å². The summed E-state index contributed by atoms with van der Waals surface area (Å²) >= 11 is 0. The van der Waals surface area contributed by atoms with E-state index in [2.05, 4.69) is 24.0 Å². The second-order valence-electron chi connectivity index (χ2n) is 6.08. The van der Waals surface area contributed by atoms with Gasteiger partial charge in [-0.2, -0.15) is 0 Å². The van der Waals surface area contributed by atoms with Gasteiger partial charge in [0.1, 0.15) is 5.52 Å².